The third-order valence-electron chi connectivity index (χ3n) is 2.88. The van der Waals surface area contributed by atoms with Gasteiger partial charge in [-0.2, -0.15) is 0 Å². The molecule has 0 aliphatic carbocycles. The summed E-state index contributed by atoms with van der Waals surface area (Å²) in [6.07, 6.45) is 0. The topological polar surface area (TPSA) is 75.1 Å². The number of fused-ring (bicyclic) bond motifs is 1. The molecule has 1 aromatic carbocycles. The molecule has 6 heteroatoms. The summed E-state index contributed by atoms with van der Waals surface area (Å²) in [4.78, 5) is 24.5. The van der Waals surface area contributed by atoms with Gasteiger partial charge in [0.15, 0.2) is 5.58 Å². The lowest BCUT2D eigenvalue weighted by molar-refractivity contribution is 0.259. The quantitative estimate of drug-likeness (QED) is 0.744. The molecule has 0 saturated carbocycles. The van der Waals surface area contributed by atoms with Crippen LogP contribution < -0.4 is 11.1 Å². The van der Waals surface area contributed by atoms with E-state index >= 15 is 0 Å². The van der Waals surface area contributed by atoms with Gasteiger partial charge in [-0.15, -0.1) is 0 Å². The van der Waals surface area contributed by atoms with E-state index in [0.717, 1.165) is 5.56 Å². The number of benzene rings is 1. The molecule has 5 nitrogen and oxygen atoms in total. The Morgan fingerprint density at radius 2 is 2.22 bits per heavy atom. The second kappa shape index (κ2) is 4.53. The van der Waals surface area contributed by atoms with Gasteiger partial charge in [-0.1, -0.05) is 32.5 Å². The molecule has 2 rings (SSSR count). The zero-order valence-corrected chi connectivity index (χ0v) is 11.0. The van der Waals surface area contributed by atoms with Crippen molar-refractivity contribution < 1.29 is 9.21 Å². The number of aromatic nitrogens is 1. The Balaban J connectivity index is 2.34. The minimum Gasteiger partial charge on any atom is -0.408 e. The molecule has 0 spiro atoms. The molecule has 2 N–H and O–H groups in total. The molecule has 18 heavy (non-hydrogen) atoms. The molecule has 0 atom stereocenters. The number of carbonyl (C=O) groups is 1. The lowest BCUT2D eigenvalue weighted by Crippen LogP contribution is -2.34. The summed E-state index contributed by atoms with van der Waals surface area (Å²) in [5.41, 5.74) is 1.91. The molecular formula is C12H14N2O3S. The summed E-state index contributed by atoms with van der Waals surface area (Å²) in [7, 11) is 0. The number of carbonyl (C=O) groups excluding carboxylic acids is 1. The summed E-state index contributed by atoms with van der Waals surface area (Å²) in [5, 5.41) is 2.31. The van der Waals surface area contributed by atoms with Gasteiger partial charge in [-0.05, 0) is 17.7 Å². The van der Waals surface area contributed by atoms with Crippen LogP contribution in [0.5, 0.6) is 0 Å². The Kier molecular flexibility index (Phi) is 3.21. The first-order valence-electron chi connectivity index (χ1n) is 5.49. The Morgan fingerprint density at radius 3 is 2.89 bits per heavy atom. The van der Waals surface area contributed by atoms with Crippen molar-refractivity contribution in [1.29, 1.82) is 0 Å². The highest BCUT2D eigenvalue weighted by Crippen LogP contribution is 2.25. The van der Waals surface area contributed by atoms with Crippen LogP contribution in [0.4, 0.5) is 4.79 Å². The fourth-order valence-corrected chi connectivity index (χ4v) is 1.85. The van der Waals surface area contributed by atoms with Gasteiger partial charge in [0.1, 0.15) is 0 Å². The molecule has 96 valence electrons. The first-order valence-corrected chi connectivity index (χ1v) is 5.93. The molecular weight excluding hydrogens is 252 g/mol. The third-order valence-corrected chi connectivity index (χ3v) is 3.04. The number of aromatic amines is 1. The van der Waals surface area contributed by atoms with Gasteiger partial charge in [-0.3, -0.25) is 9.78 Å². The van der Waals surface area contributed by atoms with Gasteiger partial charge in [-0.25, -0.2) is 4.79 Å². The summed E-state index contributed by atoms with van der Waals surface area (Å²) in [5.74, 6) is -0.469. The standard InChI is InChI=1S/C12H14N2O3S/c1-12(2,6-13-11(16)18)7-3-4-9-8(5-7)14-10(15)17-9/h3-5H,6H2,1-2H3,(H,14,15)(H2,13,16,18). The van der Waals surface area contributed by atoms with E-state index in [1.54, 1.807) is 6.07 Å². The average Bonchev–Trinajstić information content (AvgIpc) is 2.65. The van der Waals surface area contributed by atoms with Crippen LogP contribution in [0.3, 0.4) is 0 Å². The van der Waals surface area contributed by atoms with E-state index in [1.807, 2.05) is 26.0 Å². The number of rotatable bonds is 3. The van der Waals surface area contributed by atoms with Crippen LogP contribution in [0, 0.1) is 0 Å². The molecule has 0 fully saturated rings. The maximum atomic E-state index is 11.1. The van der Waals surface area contributed by atoms with Gasteiger partial charge in [0.25, 0.3) is 5.24 Å². The van der Waals surface area contributed by atoms with Crippen molar-refractivity contribution in [2.75, 3.05) is 6.54 Å². The number of hydrogen-bond donors (Lipinski definition) is 3. The van der Waals surface area contributed by atoms with Crippen LogP contribution >= 0.6 is 12.6 Å². The molecule has 1 amide bonds. The zero-order valence-electron chi connectivity index (χ0n) is 10.1. The molecule has 0 saturated heterocycles. The number of oxazole rings is 1. The monoisotopic (exact) mass is 266 g/mol. The van der Waals surface area contributed by atoms with Crippen LogP contribution in [0.25, 0.3) is 11.1 Å². The molecule has 0 aliphatic heterocycles. The van der Waals surface area contributed by atoms with E-state index < -0.39 is 5.76 Å². The largest absolute Gasteiger partial charge is 0.417 e. The van der Waals surface area contributed by atoms with Crippen molar-refractivity contribution in [1.82, 2.24) is 10.3 Å². The second-order valence-corrected chi connectivity index (χ2v) is 5.17. The van der Waals surface area contributed by atoms with E-state index in [0.29, 0.717) is 17.6 Å². The minimum atomic E-state index is -0.469. The number of nitrogens with one attached hydrogen (secondary N) is 2. The predicted molar refractivity (Wildman–Crippen MR) is 72.2 cm³/mol. The molecule has 2 aromatic rings. The lowest BCUT2D eigenvalue weighted by atomic mass is 9.84. The van der Waals surface area contributed by atoms with Crippen molar-refractivity contribution in [2.45, 2.75) is 19.3 Å². The summed E-state index contributed by atoms with van der Waals surface area (Å²) < 4.78 is 4.94. The van der Waals surface area contributed by atoms with Crippen LogP contribution in [0.1, 0.15) is 19.4 Å². The van der Waals surface area contributed by atoms with Gasteiger partial charge in [0, 0.05) is 12.0 Å². The first kappa shape index (κ1) is 12.8. The Hall–Kier alpha value is -1.69. The smallest absolute Gasteiger partial charge is 0.408 e. The maximum absolute atomic E-state index is 11.1. The molecule has 0 radical (unpaired) electrons. The highest BCUT2D eigenvalue weighted by atomic mass is 32.1. The minimum absolute atomic E-state index is 0.263. The van der Waals surface area contributed by atoms with E-state index in [4.69, 9.17) is 4.42 Å². The average molecular weight is 266 g/mol. The van der Waals surface area contributed by atoms with Crippen molar-refractivity contribution in [2.24, 2.45) is 0 Å². The zero-order chi connectivity index (χ0) is 13.3. The van der Waals surface area contributed by atoms with Crippen LogP contribution in [-0.2, 0) is 5.41 Å². The Morgan fingerprint density at radius 1 is 1.50 bits per heavy atom. The third kappa shape index (κ3) is 2.59. The van der Waals surface area contributed by atoms with Crippen molar-refractivity contribution in [3.8, 4) is 0 Å². The second-order valence-electron chi connectivity index (χ2n) is 4.77. The van der Waals surface area contributed by atoms with E-state index in [2.05, 4.69) is 22.9 Å². The van der Waals surface area contributed by atoms with E-state index in [-0.39, 0.29) is 10.7 Å². The molecule has 0 unspecified atom stereocenters. The van der Waals surface area contributed by atoms with Gasteiger partial charge >= 0.3 is 5.76 Å². The lowest BCUT2D eigenvalue weighted by Gasteiger charge is -2.25. The van der Waals surface area contributed by atoms with Crippen LogP contribution in [0.15, 0.2) is 27.4 Å². The highest BCUT2D eigenvalue weighted by Gasteiger charge is 2.21. The maximum Gasteiger partial charge on any atom is 0.417 e. The van der Waals surface area contributed by atoms with Crippen molar-refractivity contribution in [3.63, 3.8) is 0 Å². The van der Waals surface area contributed by atoms with Gasteiger partial charge in [0.2, 0.25) is 0 Å². The Labute approximate surface area is 109 Å². The number of H-pyrrole nitrogens is 1. The SMILES string of the molecule is CC(C)(CNC(=O)S)c1ccc2oc(=O)[nH]c2c1. The molecule has 0 bridgehead atoms. The van der Waals surface area contributed by atoms with Crippen LogP contribution in [-0.4, -0.2) is 16.8 Å². The highest BCUT2D eigenvalue weighted by molar-refractivity contribution is 7.96. The van der Waals surface area contributed by atoms with Gasteiger partial charge in [0.05, 0.1) is 5.52 Å². The summed E-state index contributed by atoms with van der Waals surface area (Å²) in [6.45, 7) is 4.45. The fraction of sp³-hybridized carbons (Fsp3) is 0.333. The normalized spacial score (nSPS) is 11.7. The summed E-state index contributed by atoms with van der Waals surface area (Å²) >= 11 is 3.67. The van der Waals surface area contributed by atoms with E-state index in [1.165, 1.54) is 0 Å². The summed E-state index contributed by atoms with van der Waals surface area (Å²) in [6, 6.07) is 5.47. The first-order chi connectivity index (χ1) is 8.38. The molecule has 0 aliphatic rings. The fourth-order valence-electron chi connectivity index (χ4n) is 1.77. The Bertz CT molecular complexity index is 642. The van der Waals surface area contributed by atoms with Crippen molar-refractivity contribution >= 4 is 29.0 Å². The number of amides is 1. The molecule has 1 heterocycles. The van der Waals surface area contributed by atoms with Crippen LogP contribution in [0.2, 0.25) is 0 Å². The number of hydrogen-bond acceptors (Lipinski definition) is 3. The van der Waals surface area contributed by atoms with Crippen molar-refractivity contribution in [3.05, 3.63) is 34.3 Å². The number of thiol groups is 1. The van der Waals surface area contributed by atoms with E-state index in [9.17, 15) is 9.59 Å². The molecule has 1 aromatic heterocycles. The van der Waals surface area contributed by atoms with Gasteiger partial charge < -0.3 is 9.73 Å². The predicted octanol–water partition coefficient (Wildman–Crippen LogP) is 2.04.